The molecule has 3 aromatic rings. The van der Waals surface area contributed by atoms with Crippen LogP contribution in [0, 0.1) is 0 Å². The number of fused-ring (bicyclic) bond motifs is 1. The number of aryl methyl sites for hydroxylation is 1. The Morgan fingerprint density at radius 1 is 1.32 bits per heavy atom. The van der Waals surface area contributed by atoms with E-state index in [0.717, 1.165) is 34.7 Å². The molecule has 1 unspecified atom stereocenters. The molecule has 13 nitrogen and oxygen atoms in total. The number of aliphatic hydroxyl groups excluding tert-OH is 1. The van der Waals surface area contributed by atoms with Gasteiger partial charge in [-0.15, -0.1) is 0 Å². The topological polar surface area (TPSA) is 174 Å². The number of carboxylic acid groups (broad SMARTS) is 1. The van der Waals surface area contributed by atoms with Crippen LogP contribution in [0.2, 0.25) is 0 Å². The number of aliphatic carboxylic acids is 1. The quantitative estimate of drug-likeness (QED) is 0.290. The standard InChI is InChI=1S/C22H26FN4O9P/c1-12(19(30)31)25-37(33,36-14-4-5-15-13(10-14)6-8-26(15)3)34-11-16-18(29)22(2,23)20(35-16)27-9-7-17(28)24-21(27)32/h4-10,12,16,18,20,29H,11H2,1-3H3,(H,25,33)(H,30,31)(H,24,28,32)/t12-,16+,18+,20+,22+,37?/m0/s1. The van der Waals surface area contributed by atoms with E-state index in [1.807, 2.05) is 22.8 Å². The van der Waals surface area contributed by atoms with Crippen LogP contribution in [-0.2, 0) is 25.7 Å². The second-order valence-electron chi connectivity index (χ2n) is 8.86. The van der Waals surface area contributed by atoms with Gasteiger partial charge in [0.15, 0.2) is 11.9 Å². The molecule has 1 aromatic carbocycles. The lowest BCUT2D eigenvalue weighted by atomic mass is 9.98. The Hall–Kier alpha value is -3.29. The van der Waals surface area contributed by atoms with Crippen molar-refractivity contribution in [1.82, 2.24) is 19.2 Å². The molecule has 0 saturated carbocycles. The second-order valence-corrected chi connectivity index (χ2v) is 10.6. The van der Waals surface area contributed by atoms with E-state index < -0.39 is 61.7 Å². The Morgan fingerprint density at radius 2 is 2.05 bits per heavy atom. The fourth-order valence-corrected chi connectivity index (χ4v) is 5.47. The van der Waals surface area contributed by atoms with Crippen molar-refractivity contribution in [3.8, 4) is 5.75 Å². The molecular formula is C22H26FN4O9P. The molecule has 15 heteroatoms. The maximum absolute atomic E-state index is 15.4. The molecule has 4 N–H and O–H groups in total. The van der Waals surface area contributed by atoms with Crippen molar-refractivity contribution in [3.63, 3.8) is 0 Å². The largest absolute Gasteiger partial charge is 0.480 e. The highest BCUT2D eigenvalue weighted by Crippen LogP contribution is 2.47. The molecule has 0 amide bonds. The maximum atomic E-state index is 15.4. The number of hydrogen-bond acceptors (Lipinski definition) is 8. The summed E-state index contributed by atoms with van der Waals surface area (Å²) < 4.78 is 48.1. The molecule has 37 heavy (non-hydrogen) atoms. The van der Waals surface area contributed by atoms with Gasteiger partial charge in [-0.25, -0.2) is 13.8 Å². The lowest BCUT2D eigenvalue weighted by Crippen LogP contribution is -2.43. The van der Waals surface area contributed by atoms with Crippen molar-refractivity contribution in [2.45, 2.75) is 44.0 Å². The fraction of sp³-hybridized carbons (Fsp3) is 0.409. The average Bonchev–Trinajstić information content (AvgIpc) is 3.29. The molecule has 0 radical (unpaired) electrons. The van der Waals surface area contributed by atoms with Crippen LogP contribution in [0.5, 0.6) is 5.75 Å². The summed E-state index contributed by atoms with van der Waals surface area (Å²) in [6.45, 7) is 1.52. The molecule has 2 aromatic heterocycles. The molecule has 0 aliphatic carbocycles. The molecule has 1 aliphatic rings. The van der Waals surface area contributed by atoms with Crippen LogP contribution in [0.15, 0.2) is 52.3 Å². The number of halogens is 1. The van der Waals surface area contributed by atoms with Crippen LogP contribution >= 0.6 is 7.75 Å². The third-order valence-corrected chi connectivity index (χ3v) is 7.68. The number of alkyl halides is 1. The minimum absolute atomic E-state index is 0.105. The van der Waals surface area contributed by atoms with Crippen LogP contribution in [-0.4, -0.2) is 60.8 Å². The summed E-state index contributed by atoms with van der Waals surface area (Å²) in [6, 6.07) is 6.23. The zero-order valence-electron chi connectivity index (χ0n) is 20.0. The van der Waals surface area contributed by atoms with Crippen molar-refractivity contribution in [1.29, 1.82) is 0 Å². The van der Waals surface area contributed by atoms with Crippen LogP contribution < -0.4 is 20.9 Å². The predicted molar refractivity (Wildman–Crippen MR) is 128 cm³/mol. The highest BCUT2D eigenvalue weighted by atomic mass is 31.2. The van der Waals surface area contributed by atoms with Gasteiger partial charge in [-0.3, -0.25) is 23.7 Å². The normalized spacial score (nSPS) is 26.1. The van der Waals surface area contributed by atoms with Crippen molar-refractivity contribution in [3.05, 3.63) is 63.6 Å². The molecular weight excluding hydrogens is 514 g/mol. The van der Waals surface area contributed by atoms with Crippen LogP contribution in [0.1, 0.15) is 20.1 Å². The number of rotatable bonds is 9. The molecule has 4 rings (SSSR count). The number of H-pyrrole nitrogens is 1. The number of carbonyl (C=O) groups is 1. The molecule has 1 saturated heterocycles. The van der Waals surface area contributed by atoms with Crippen molar-refractivity contribution >= 4 is 24.6 Å². The molecule has 1 fully saturated rings. The number of aromatic amines is 1. The van der Waals surface area contributed by atoms with E-state index >= 15 is 4.39 Å². The number of carboxylic acids is 1. The van der Waals surface area contributed by atoms with E-state index in [2.05, 4.69) is 5.09 Å². The van der Waals surface area contributed by atoms with Gasteiger partial charge in [0.1, 0.15) is 24.0 Å². The molecule has 0 spiro atoms. The first-order valence-electron chi connectivity index (χ1n) is 11.1. The summed E-state index contributed by atoms with van der Waals surface area (Å²) in [5, 5.41) is 22.9. The van der Waals surface area contributed by atoms with Crippen LogP contribution in [0.25, 0.3) is 10.9 Å². The monoisotopic (exact) mass is 540 g/mol. The minimum Gasteiger partial charge on any atom is -0.480 e. The summed E-state index contributed by atoms with van der Waals surface area (Å²) in [6.07, 6.45) is -2.10. The Bertz CT molecular complexity index is 1480. The predicted octanol–water partition coefficient (Wildman–Crippen LogP) is 1.28. The molecule has 200 valence electrons. The summed E-state index contributed by atoms with van der Waals surface area (Å²) in [4.78, 5) is 36.9. The third-order valence-electron chi connectivity index (χ3n) is 6.03. The van der Waals surface area contributed by atoms with Gasteiger partial charge in [-0.1, -0.05) is 0 Å². The number of ether oxygens (including phenoxy) is 1. The highest BCUT2D eigenvalue weighted by Gasteiger charge is 2.55. The number of hydrogen-bond donors (Lipinski definition) is 4. The summed E-state index contributed by atoms with van der Waals surface area (Å²) in [5.74, 6) is -1.23. The maximum Gasteiger partial charge on any atom is 0.459 e. The lowest BCUT2D eigenvalue weighted by molar-refractivity contribution is -0.138. The molecule has 0 bridgehead atoms. The van der Waals surface area contributed by atoms with Gasteiger partial charge in [0.05, 0.1) is 6.61 Å². The first-order chi connectivity index (χ1) is 17.3. The summed E-state index contributed by atoms with van der Waals surface area (Å²) in [7, 11) is -2.58. The smallest absolute Gasteiger partial charge is 0.459 e. The SMILES string of the molecule is C[C@H](NP(=O)(OC[C@H]1O[C@@H](n2ccc(=O)[nH]c2=O)[C@](C)(F)[C@@H]1O)Oc1ccc2c(ccn2C)c1)C(=O)O. The summed E-state index contributed by atoms with van der Waals surface area (Å²) >= 11 is 0. The van der Waals surface area contributed by atoms with Crippen LogP contribution in [0.4, 0.5) is 4.39 Å². The van der Waals surface area contributed by atoms with E-state index in [4.69, 9.17) is 13.8 Å². The Kier molecular flexibility index (Phi) is 7.14. The van der Waals surface area contributed by atoms with Gasteiger partial charge in [0, 0.05) is 36.4 Å². The highest BCUT2D eigenvalue weighted by molar-refractivity contribution is 7.52. The van der Waals surface area contributed by atoms with E-state index in [1.54, 1.807) is 18.2 Å². The minimum atomic E-state index is -4.42. The number of nitrogens with zero attached hydrogens (tertiary/aromatic N) is 2. The van der Waals surface area contributed by atoms with Gasteiger partial charge < -0.3 is 24.0 Å². The van der Waals surface area contributed by atoms with E-state index in [9.17, 15) is 29.2 Å². The Labute approximate surface area is 209 Å². The van der Waals surface area contributed by atoms with Gasteiger partial charge in [0.2, 0.25) is 0 Å². The first-order valence-corrected chi connectivity index (χ1v) is 12.7. The zero-order chi connectivity index (χ0) is 27.1. The van der Waals surface area contributed by atoms with Crippen LogP contribution in [0.3, 0.4) is 0 Å². The Balaban J connectivity index is 1.56. The summed E-state index contributed by atoms with van der Waals surface area (Å²) in [5.41, 5.74) is -3.31. The number of nitrogens with one attached hydrogen (secondary N) is 2. The zero-order valence-corrected chi connectivity index (χ0v) is 20.9. The lowest BCUT2D eigenvalue weighted by Gasteiger charge is -2.25. The van der Waals surface area contributed by atoms with E-state index in [-0.39, 0.29) is 5.75 Å². The number of aromatic nitrogens is 3. The van der Waals surface area contributed by atoms with E-state index in [0.29, 0.717) is 0 Å². The Morgan fingerprint density at radius 3 is 2.73 bits per heavy atom. The van der Waals surface area contributed by atoms with Crippen molar-refractivity contribution in [2.75, 3.05) is 6.61 Å². The van der Waals surface area contributed by atoms with Gasteiger partial charge >= 0.3 is 19.4 Å². The van der Waals surface area contributed by atoms with E-state index in [1.165, 1.54) is 13.0 Å². The second kappa shape index (κ2) is 9.88. The first kappa shape index (κ1) is 26.8. The van der Waals surface area contributed by atoms with Gasteiger partial charge in [-0.05, 0) is 38.1 Å². The average molecular weight is 540 g/mol. The number of aliphatic hydroxyl groups is 1. The number of benzene rings is 1. The van der Waals surface area contributed by atoms with Gasteiger partial charge in [0.25, 0.3) is 5.56 Å². The molecule has 3 heterocycles. The molecule has 6 atom stereocenters. The fourth-order valence-electron chi connectivity index (χ4n) is 3.97. The third kappa shape index (κ3) is 5.38. The van der Waals surface area contributed by atoms with Crippen molar-refractivity contribution < 1.29 is 37.7 Å². The van der Waals surface area contributed by atoms with Crippen molar-refractivity contribution in [2.24, 2.45) is 7.05 Å². The van der Waals surface area contributed by atoms with Gasteiger partial charge in [-0.2, -0.15) is 5.09 Å². The molecule has 1 aliphatic heterocycles.